The van der Waals surface area contributed by atoms with Gasteiger partial charge < -0.3 is 22.2 Å². The number of nitrogens with two attached hydrogens (primary N) is 4. The molecule has 2 aliphatic rings. The van der Waals surface area contributed by atoms with E-state index in [2.05, 4.69) is 26.2 Å². The lowest BCUT2D eigenvalue weighted by Gasteiger charge is -2.28. The van der Waals surface area contributed by atoms with Crippen LogP contribution in [0.3, 0.4) is 0 Å². The van der Waals surface area contributed by atoms with Gasteiger partial charge in [-0.3, -0.25) is 4.99 Å². The van der Waals surface area contributed by atoms with Crippen LogP contribution in [0.2, 0.25) is 0 Å². The lowest BCUT2D eigenvalue weighted by Crippen LogP contribution is -2.38. The number of fused-ring (bicyclic) bond motifs is 1. The van der Waals surface area contributed by atoms with Crippen LogP contribution in [0, 0.1) is 11.7 Å². The molecule has 1 aliphatic carbocycles. The van der Waals surface area contributed by atoms with Gasteiger partial charge in [-0.2, -0.15) is 0 Å². The van der Waals surface area contributed by atoms with Crippen molar-refractivity contribution in [2.75, 3.05) is 12.3 Å². The summed E-state index contributed by atoms with van der Waals surface area (Å²) < 4.78 is 14.1. The molecule has 0 spiro atoms. The fourth-order valence-electron chi connectivity index (χ4n) is 3.12. The third-order valence-corrected chi connectivity index (χ3v) is 7.34. The summed E-state index contributed by atoms with van der Waals surface area (Å²) in [4.78, 5) is 4.46. The average Bonchev–Trinajstić information content (AvgIpc) is 3.21. The molecule has 0 bridgehead atoms. The van der Waals surface area contributed by atoms with E-state index >= 15 is 0 Å². The minimum Gasteiger partial charge on any atom is -0.399 e. The molecule has 1 aliphatic heterocycles. The van der Waals surface area contributed by atoms with E-state index in [0.29, 0.717) is 28.0 Å². The van der Waals surface area contributed by atoms with Crippen molar-refractivity contribution in [1.29, 1.82) is 0 Å². The molecule has 0 radical (unpaired) electrons. The van der Waals surface area contributed by atoms with Crippen molar-refractivity contribution in [3.8, 4) is 0 Å². The highest BCUT2D eigenvalue weighted by Gasteiger charge is 2.62. The highest BCUT2D eigenvalue weighted by Crippen LogP contribution is 2.63. The van der Waals surface area contributed by atoms with Gasteiger partial charge in [0.25, 0.3) is 0 Å². The van der Waals surface area contributed by atoms with Crippen molar-refractivity contribution in [2.24, 2.45) is 28.2 Å². The third-order valence-electron chi connectivity index (χ3n) is 4.21. The summed E-state index contributed by atoms with van der Waals surface area (Å²) in [7, 11) is 1.40. The molecule has 0 amide bonds. The van der Waals surface area contributed by atoms with Crippen molar-refractivity contribution in [3.05, 3.63) is 40.8 Å². The molecule has 1 saturated carbocycles. The molecule has 8 N–H and O–H groups in total. The molecule has 6 nitrogen and oxygen atoms in total. The summed E-state index contributed by atoms with van der Waals surface area (Å²) in [6.07, 6.45) is 2.55. The molecule has 130 valence electrons. The molecule has 3 atom stereocenters. The van der Waals surface area contributed by atoms with Gasteiger partial charge in [-0.15, -0.1) is 0 Å². The van der Waals surface area contributed by atoms with Crippen LogP contribution in [0.1, 0.15) is 18.0 Å². The summed E-state index contributed by atoms with van der Waals surface area (Å²) in [5.41, 5.74) is 18.6. The van der Waals surface area contributed by atoms with Gasteiger partial charge in [0.2, 0.25) is 0 Å². The normalized spacial score (nSPS) is 29.0. The maximum Gasteiger partial charge on any atom is 0.155 e. The van der Waals surface area contributed by atoms with Crippen molar-refractivity contribution < 1.29 is 4.39 Å². The number of nitrogens with zero attached hydrogens (tertiary/aromatic N) is 2. The number of rotatable bonds is 5. The molecule has 1 aromatic carbocycles. The average molecular weight is 480 g/mol. The number of halogens is 2. The van der Waals surface area contributed by atoms with Gasteiger partial charge in [-0.1, -0.05) is 11.8 Å². The Bertz CT molecular complexity index is 715. The Hall–Kier alpha value is -0.850. The minimum absolute atomic E-state index is 0.166. The minimum atomic E-state index is -0.330. The van der Waals surface area contributed by atoms with E-state index in [4.69, 9.17) is 23.0 Å². The first-order chi connectivity index (χ1) is 11.3. The fourth-order valence-corrected chi connectivity index (χ4v) is 4.97. The van der Waals surface area contributed by atoms with Crippen LogP contribution in [0.15, 0.2) is 34.4 Å². The second-order valence-electron chi connectivity index (χ2n) is 5.95. The zero-order valence-corrected chi connectivity index (χ0v) is 16.4. The molecule has 1 aromatic rings. The zero-order chi connectivity index (χ0) is 17.5. The Morgan fingerprint density at radius 2 is 2.29 bits per heavy atom. The summed E-state index contributed by atoms with van der Waals surface area (Å²) >= 11 is 3.60. The Balaban J connectivity index is 1.83. The molecule has 10 heteroatoms. The van der Waals surface area contributed by atoms with Crippen LogP contribution >= 0.6 is 41.9 Å². The lowest BCUT2D eigenvalue weighted by molar-refractivity contribution is 0.370. The van der Waals surface area contributed by atoms with E-state index < -0.39 is 0 Å². The number of nitrogen functional groups attached to an aromatic ring is 1. The van der Waals surface area contributed by atoms with Crippen molar-refractivity contribution in [3.63, 3.8) is 0 Å². The summed E-state index contributed by atoms with van der Waals surface area (Å²) in [5.74, 6) is 5.90. The number of anilines is 1. The number of hydrazine groups is 1. The highest BCUT2D eigenvalue weighted by molar-refractivity contribution is 14.2. The number of benzene rings is 1. The standard InChI is InChI=1S/C14H18FIN6S2/c15-10-2-1-7(17)3-8(10)12-9-4-14(9,23-13(19)21-12)6-22(20)5-11(18)24-16/h1-3,5,9,12H,4,6,17-18,20H2,(H2,19,21)/b11-5+. The molecule has 1 fully saturated rings. The molecule has 0 saturated heterocycles. The first-order valence-corrected chi connectivity index (χ1v) is 11.4. The molecule has 0 aromatic heterocycles. The van der Waals surface area contributed by atoms with Gasteiger partial charge in [0.1, 0.15) is 5.82 Å². The van der Waals surface area contributed by atoms with Gasteiger partial charge in [0, 0.05) is 55.9 Å². The van der Waals surface area contributed by atoms with Crippen LogP contribution in [0.4, 0.5) is 10.1 Å². The predicted octanol–water partition coefficient (Wildman–Crippen LogP) is 2.29. The first kappa shape index (κ1) is 18.0. The van der Waals surface area contributed by atoms with Crippen LogP contribution < -0.4 is 23.0 Å². The summed E-state index contributed by atoms with van der Waals surface area (Å²) in [6, 6.07) is 4.23. The monoisotopic (exact) mass is 480 g/mol. The smallest absolute Gasteiger partial charge is 0.155 e. The van der Waals surface area contributed by atoms with Gasteiger partial charge in [-0.05, 0) is 33.6 Å². The van der Waals surface area contributed by atoms with E-state index in [0.717, 1.165) is 6.42 Å². The summed E-state index contributed by atoms with van der Waals surface area (Å²) in [6.45, 7) is 0.566. The number of hydrogen-bond donors (Lipinski definition) is 4. The number of thioether (sulfide) groups is 1. The van der Waals surface area contributed by atoms with Crippen molar-refractivity contribution in [1.82, 2.24) is 5.01 Å². The van der Waals surface area contributed by atoms with Gasteiger partial charge in [0.15, 0.2) is 5.17 Å². The fraction of sp³-hybridized carbons (Fsp3) is 0.357. The highest BCUT2D eigenvalue weighted by atomic mass is 127. The van der Waals surface area contributed by atoms with E-state index in [-0.39, 0.29) is 22.5 Å². The molecular formula is C14H18FIN6S2. The van der Waals surface area contributed by atoms with Crippen molar-refractivity contribution >= 4 is 52.8 Å². The van der Waals surface area contributed by atoms with Crippen LogP contribution in [0.25, 0.3) is 0 Å². The van der Waals surface area contributed by atoms with Gasteiger partial charge >= 0.3 is 0 Å². The van der Waals surface area contributed by atoms with E-state index in [1.807, 2.05) is 0 Å². The third kappa shape index (κ3) is 3.55. The Morgan fingerprint density at radius 3 is 3.00 bits per heavy atom. The van der Waals surface area contributed by atoms with Crippen LogP contribution in [0.5, 0.6) is 0 Å². The van der Waals surface area contributed by atoms with Crippen LogP contribution in [-0.4, -0.2) is 21.5 Å². The molecule has 1 heterocycles. The predicted molar refractivity (Wildman–Crippen MR) is 108 cm³/mol. The first-order valence-electron chi connectivity index (χ1n) is 7.19. The quantitative estimate of drug-likeness (QED) is 0.221. The van der Waals surface area contributed by atoms with Crippen molar-refractivity contribution in [2.45, 2.75) is 17.2 Å². The van der Waals surface area contributed by atoms with Crippen LogP contribution in [-0.2, 0) is 0 Å². The maximum atomic E-state index is 14.2. The zero-order valence-electron chi connectivity index (χ0n) is 12.7. The topological polar surface area (TPSA) is 120 Å². The second kappa shape index (κ2) is 6.81. The molecule has 3 rings (SSSR count). The summed E-state index contributed by atoms with van der Waals surface area (Å²) in [5, 5.41) is 2.64. The Kier molecular flexibility index (Phi) is 5.09. The molecule has 3 unspecified atom stereocenters. The maximum absolute atomic E-state index is 14.2. The number of aliphatic imine (C=N–C) groups is 1. The Labute approximate surface area is 160 Å². The molecular weight excluding hydrogens is 462 g/mol. The number of amidine groups is 1. The Morgan fingerprint density at radius 1 is 1.54 bits per heavy atom. The SMILES string of the molecule is NC1=NC(c2cc(N)ccc2F)C2CC2(CN(N)/C=C(\N)SI)S1. The van der Waals surface area contributed by atoms with Gasteiger partial charge in [-0.25, -0.2) is 10.2 Å². The second-order valence-corrected chi connectivity index (χ2v) is 9.33. The largest absolute Gasteiger partial charge is 0.399 e. The van der Waals surface area contributed by atoms with Gasteiger partial charge in [0.05, 0.1) is 11.1 Å². The lowest BCUT2D eigenvalue weighted by atomic mass is 10.00. The van der Waals surface area contributed by atoms with E-state index in [1.54, 1.807) is 23.3 Å². The number of hydrogen-bond acceptors (Lipinski definition) is 8. The van der Waals surface area contributed by atoms with E-state index in [9.17, 15) is 4.39 Å². The van der Waals surface area contributed by atoms with E-state index in [1.165, 1.54) is 26.8 Å². The molecule has 24 heavy (non-hydrogen) atoms.